The van der Waals surface area contributed by atoms with Crippen LogP contribution < -0.4 is 11.1 Å². The van der Waals surface area contributed by atoms with Gasteiger partial charge in [-0.2, -0.15) is 0 Å². The van der Waals surface area contributed by atoms with E-state index in [1.807, 2.05) is 51.1 Å². The second-order valence-corrected chi connectivity index (χ2v) is 5.99. The Labute approximate surface area is 124 Å². The fourth-order valence-electron chi connectivity index (χ4n) is 1.74. The van der Waals surface area contributed by atoms with E-state index >= 15 is 0 Å². The summed E-state index contributed by atoms with van der Waals surface area (Å²) in [6.45, 7) is 5.77. The summed E-state index contributed by atoms with van der Waals surface area (Å²) in [5.74, 6) is 0.382. The van der Waals surface area contributed by atoms with Crippen molar-refractivity contribution in [3.05, 3.63) is 42.7 Å². The summed E-state index contributed by atoms with van der Waals surface area (Å²) in [5, 5.41) is 2.74. The van der Waals surface area contributed by atoms with Crippen molar-refractivity contribution in [2.75, 3.05) is 5.32 Å². The van der Waals surface area contributed by atoms with E-state index in [4.69, 9.17) is 5.73 Å². The number of nitrogens with one attached hydrogen (secondary N) is 1. The van der Waals surface area contributed by atoms with Crippen LogP contribution in [0.1, 0.15) is 20.8 Å². The van der Waals surface area contributed by atoms with Crippen LogP contribution in [0.3, 0.4) is 0 Å². The predicted molar refractivity (Wildman–Crippen MR) is 83.5 cm³/mol. The van der Waals surface area contributed by atoms with E-state index in [0.717, 1.165) is 5.56 Å². The number of rotatable bonds is 3. The van der Waals surface area contributed by atoms with Crippen LogP contribution in [0.25, 0.3) is 11.4 Å². The van der Waals surface area contributed by atoms with Gasteiger partial charge in [0.15, 0.2) is 5.82 Å². The molecular weight excluding hydrogens is 264 g/mol. The molecule has 1 aromatic carbocycles. The molecule has 1 amide bonds. The molecule has 1 heterocycles. The second kappa shape index (κ2) is 6.01. The van der Waals surface area contributed by atoms with E-state index in [1.54, 1.807) is 12.4 Å². The first-order valence-corrected chi connectivity index (χ1v) is 6.82. The van der Waals surface area contributed by atoms with Crippen molar-refractivity contribution in [1.82, 2.24) is 9.97 Å². The van der Waals surface area contributed by atoms with Gasteiger partial charge in [-0.3, -0.25) is 4.79 Å². The zero-order valence-corrected chi connectivity index (χ0v) is 12.5. The fourth-order valence-corrected chi connectivity index (χ4v) is 1.74. The highest BCUT2D eigenvalue weighted by molar-refractivity contribution is 5.95. The van der Waals surface area contributed by atoms with Gasteiger partial charge in [0.2, 0.25) is 5.91 Å². The van der Waals surface area contributed by atoms with Crippen molar-refractivity contribution in [3.8, 4) is 11.4 Å². The molecule has 0 aliphatic carbocycles. The molecule has 0 saturated carbocycles. The van der Waals surface area contributed by atoms with Crippen molar-refractivity contribution in [2.45, 2.75) is 26.8 Å². The highest BCUT2D eigenvalue weighted by Crippen LogP contribution is 2.19. The van der Waals surface area contributed by atoms with Gasteiger partial charge in [0.25, 0.3) is 0 Å². The monoisotopic (exact) mass is 284 g/mol. The Morgan fingerprint density at radius 2 is 1.71 bits per heavy atom. The average Bonchev–Trinajstić information content (AvgIpc) is 2.47. The van der Waals surface area contributed by atoms with Crippen molar-refractivity contribution in [2.24, 2.45) is 11.1 Å². The molecule has 0 fully saturated rings. The summed E-state index contributed by atoms with van der Waals surface area (Å²) >= 11 is 0. The van der Waals surface area contributed by atoms with E-state index in [9.17, 15) is 4.79 Å². The van der Waals surface area contributed by atoms with Gasteiger partial charge in [-0.15, -0.1) is 0 Å². The highest BCUT2D eigenvalue weighted by atomic mass is 16.2. The molecule has 0 aliphatic rings. The number of nitrogens with two attached hydrogens (primary N) is 1. The van der Waals surface area contributed by atoms with Crippen LogP contribution in [0, 0.1) is 5.41 Å². The maximum absolute atomic E-state index is 12.0. The summed E-state index contributed by atoms with van der Waals surface area (Å²) in [6.07, 6.45) is 3.17. The van der Waals surface area contributed by atoms with Crippen LogP contribution in [0.15, 0.2) is 42.7 Å². The molecule has 5 nitrogen and oxygen atoms in total. The first kappa shape index (κ1) is 15.1. The predicted octanol–water partition coefficient (Wildman–Crippen LogP) is 2.46. The summed E-state index contributed by atoms with van der Waals surface area (Å²) in [6, 6.07) is 9.07. The Kier molecular flexibility index (Phi) is 4.33. The highest BCUT2D eigenvalue weighted by Gasteiger charge is 2.27. The van der Waals surface area contributed by atoms with E-state index < -0.39 is 6.04 Å². The van der Waals surface area contributed by atoms with Gasteiger partial charge in [0.1, 0.15) is 0 Å². The number of benzene rings is 1. The second-order valence-electron chi connectivity index (χ2n) is 5.99. The standard InChI is InChI=1S/C16H20N4O/c1-16(2,3)13(17)15(21)20-12-9-18-14(19-10-12)11-7-5-4-6-8-11/h4-10,13H,17H2,1-3H3,(H,20,21)/t13-/m1/s1. The van der Waals surface area contributed by atoms with E-state index in [1.165, 1.54) is 0 Å². The number of hydrogen-bond donors (Lipinski definition) is 2. The third kappa shape index (κ3) is 3.86. The van der Waals surface area contributed by atoms with Gasteiger partial charge in [0.05, 0.1) is 24.1 Å². The largest absolute Gasteiger partial charge is 0.322 e. The third-order valence-corrected chi connectivity index (χ3v) is 3.17. The summed E-state index contributed by atoms with van der Waals surface area (Å²) < 4.78 is 0. The lowest BCUT2D eigenvalue weighted by molar-refractivity contribution is -0.119. The number of carbonyl (C=O) groups is 1. The molecule has 1 aromatic heterocycles. The summed E-state index contributed by atoms with van der Waals surface area (Å²) in [4.78, 5) is 20.5. The van der Waals surface area contributed by atoms with Crippen LogP contribution in [0.4, 0.5) is 5.69 Å². The van der Waals surface area contributed by atoms with Gasteiger partial charge in [-0.1, -0.05) is 51.1 Å². The molecule has 0 bridgehead atoms. The fraction of sp³-hybridized carbons (Fsp3) is 0.312. The maximum Gasteiger partial charge on any atom is 0.241 e. The van der Waals surface area contributed by atoms with Crippen LogP contribution in [-0.2, 0) is 4.79 Å². The molecule has 1 atom stereocenters. The SMILES string of the molecule is CC(C)(C)[C@H](N)C(=O)Nc1cnc(-c2ccccc2)nc1. The van der Waals surface area contributed by atoms with Crippen molar-refractivity contribution in [3.63, 3.8) is 0 Å². The minimum Gasteiger partial charge on any atom is -0.322 e. The minimum absolute atomic E-state index is 0.237. The van der Waals surface area contributed by atoms with Crippen molar-refractivity contribution < 1.29 is 4.79 Å². The number of amides is 1. The molecule has 21 heavy (non-hydrogen) atoms. The van der Waals surface area contributed by atoms with Crippen LogP contribution in [-0.4, -0.2) is 21.9 Å². The van der Waals surface area contributed by atoms with E-state index in [2.05, 4.69) is 15.3 Å². The maximum atomic E-state index is 12.0. The van der Waals surface area contributed by atoms with Gasteiger partial charge in [-0.05, 0) is 5.41 Å². The Balaban J connectivity index is 2.08. The lowest BCUT2D eigenvalue weighted by atomic mass is 9.87. The van der Waals surface area contributed by atoms with Crippen LogP contribution in [0.5, 0.6) is 0 Å². The summed E-state index contributed by atoms with van der Waals surface area (Å²) in [5.41, 5.74) is 7.09. The Morgan fingerprint density at radius 3 is 2.24 bits per heavy atom. The average molecular weight is 284 g/mol. The van der Waals surface area contributed by atoms with Gasteiger partial charge in [0, 0.05) is 5.56 Å². The summed E-state index contributed by atoms with van der Waals surface area (Å²) in [7, 11) is 0. The quantitative estimate of drug-likeness (QED) is 0.907. The molecule has 0 saturated heterocycles. The van der Waals surface area contributed by atoms with Crippen LogP contribution >= 0.6 is 0 Å². The first-order valence-electron chi connectivity index (χ1n) is 6.82. The number of hydrogen-bond acceptors (Lipinski definition) is 4. The first-order chi connectivity index (χ1) is 9.88. The van der Waals surface area contributed by atoms with Gasteiger partial charge in [-0.25, -0.2) is 9.97 Å². The topological polar surface area (TPSA) is 80.9 Å². The molecule has 0 radical (unpaired) electrons. The minimum atomic E-state index is -0.591. The molecule has 0 unspecified atom stereocenters. The molecule has 5 heteroatoms. The molecule has 0 aliphatic heterocycles. The Morgan fingerprint density at radius 1 is 1.14 bits per heavy atom. The molecule has 2 aromatic rings. The molecular formula is C16H20N4O. The van der Waals surface area contributed by atoms with Gasteiger partial charge < -0.3 is 11.1 Å². The zero-order valence-electron chi connectivity index (χ0n) is 12.5. The normalized spacial score (nSPS) is 12.8. The third-order valence-electron chi connectivity index (χ3n) is 3.17. The van der Waals surface area contributed by atoms with E-state index in [-0.39, 0.29) is 11.3 Å². The van der Waals surface area contributed by atoms with E-state index in [0.29, 0.717) is 11.5 Å². The molecule has 110 valence electrons. The Hall–Kier alpha value is -2.27. The van der Waals surface area contributed by atoms with Crippen molar-refractivity contribution >= 4 is 11.6 Å². The lowest BCUT2D eigenvalue weighted by Crippen LogP contribution is -2.45. The van der Waals surface area contributed by atoms with Crippen molar-refractivity contribution in [1.29, 1.82) is 0 Å². The van der Waals surface area contributed by atoms with Crippen LogP contribution in [0.2, 0.25) is 0 Å². The number of carbonyl (C=O) groups excluding carboxylic acids is 1. The number of aromatic nitrogens is 2. The molecule has 0 spiro atoms. The number of anilines is 1. The number of nitrogens with zero attached hydrogens (tertiary/aromatic N) is 2. The lowest BCUT2D eigenvalue weighted by Gasteiger charge is -2.25. The van der Waals surface area contributed by atoms with Gasteiger partial charge >= 0.3 is 0 Å². The smallest absolute Gasteiger partial charge is 0.241 e. The molecule has 3 N–H and O–H groups in total. The zero-order chi connectivity index (χ0) is 15.5. The molecule has 2 rings (SSSR count). The Bertz CT molecular complexity index is 602.